The van der Waals surface area contributed by atoms with Crippen molar-refractivity contribution in [2.24, 2.45) is 11.8 Å². The van der Waals surface area contributed by atoms with Gasteiger partial charge in [0.05, 0.1) is 5.60 Å². The molecule has 1 N–H and O–H groups in total. The molecule has 6 rings (SSSR count). The number of fused-ring (bicyclic) bond motifs is 3. The SMILES string of the molecule is Cc1ccc(C2(O)C3Cc4ccccc4CC2Cc2cccc4cccc(c24)C3)cc1. The second kappa shape index (κ2) is 7.07. The molecular formula is C30H28O. The lowest BCUT2D eigenvalue weighted by molar-refractivity contribution is -0.0749. The largest absolute Gasteiger partial charge is 0.385 e. The van der Waals surface area contributed by atoms with Gasteiger partial charge >= 0.3 is 0 Å². The van der Waals surface area contributed by atoms with Gasteiger partial charge in [-0.05, 0) is 71.2 Å². The Kier molecular flexibility index (Phi) is 4.30. The van der Waals surface area contributed by atoms with E-state index < -0.39 is 5.60 Å². The highest BCUT2D eigenvalue weighted by Gasteiger charge is 2.48. The Labute approximate surface area is 184 Å². The molecule has 0 aliphatic heterocycles. The highest BCUT2D eigenvalue weighted by Crippen LogP contribution is 2.48. The molecule has 0 aromatic heterocycles. The fourth-order valence-electron chi connectivity index (χ4n) is 6.25. The number of rotatable bonds is 1. The summed E-state index contributed by atoms with van der Waals surface area (Å²) < 4.78 is 0. The molecule has 31 heavy (non-hydrogen) atoms. The molecule has 0 radical (unpaired) electrons. The molecule has 154 valence electrons. The average Bonchev–Trinajstić information content (AvgIpc) is 2.91. The highest BCUT2D eigenvalue weighted by molar-refractivity contribution is 5.89. The van der Waals surface area contributed by atoms with Crippen LogP contribution >= 0.6 is 0 Å². The molecule has 4 aromatic carbocycles. The molecule has 4 aromatic rings. The van der Waals surface area contributed by atoms with Crippen LogP contribution < -0.4 is 0 Å². The zero-order valence-electron chi connectivity index (χ0n) is 18.0. The van der Waals surface area contributed by atoms with Crippen LogP contribution in [0.25, 0.3) is 10.8 Å². The number of benzene rings is 4. The third-order valence-corrected chi connectivity index (χ3v) is 7.82. The van der Waals surface area contributed by atoms with E-state index in [1.165, 1.54) is 38.6 Å². The van der Waals surface area contributed by atoms with E-state index in [1.54, 1.807) is 0 Å². The van der Waals surface area contributed by atoms with Crippen molar-refractivity contribution < 1.29 is 5.11 Å². The van der Waals surface area contributed by atoms with Crippen molar-refractivity contribution in [1.29, 1.82) is 0 Å². The van der Waals surface area contributed by atoms with Crippen molar-refractivity contribution in [3.63, 3.8) is 0 Å². The van der Waals surface area contributed by atoms with Gasteiger partial charge in [-0.3, -0.25) is 0 Å². The molecule has 2 atom stereocenters. The first-order chi connectivity index (χ1) is 15.1. The van der Waals surface area contributed by atoms with E-state index in [0.29, 0.717) is 0 Å². The Morgan fingerprint density at radius 1 is 0.613 bits per heavy atom. The molecule has 0 heterocycles. The van der Waals surface area contributed by atoms with E-state index in [0.717, 1.165) is 31.2 Å². The summed E-state index contributed by atoms with van der Waals surface area (Å²) in [5.41, 5.74) is 7.01. The molecule has 0 saturated carbocycles. The summed E-state index contributed by atoms with van der Waals surface area (Å²) in [7, 11) is 0. The van der Waals surface area contributed by atoms with Crippen LogP contribution in [0.4, 0.5) is 0 Å². The van der Waals surface area contributed by atoms with E-state index in [1.807, 2.05) is 0 Å². The van der Waals surface area contributed by atoms with Gasteiger partial charge in [0.15, 0.2) is 0 Å². The fourth-order valence-corrected chi connectivity index (χ4v) is 6.25. The number of hydrogen-bond donors (Lipinski definition) is 1. The zero-order valence-corrected chi connectivity index (χ0v) is 18.0. The number of aliphatic hydroxyl groups is 1. The van der Waals surface area contributed by atoms with Crippen LogP contribution in [0.5, 0.6) is 0 Å². The van der Waals surface area contributed by atoms with Gasteiger partial charge in [-0.25, -0.2) is 0 Å². The molecule has 1 nitrogen and oxygen atoms in total. The summed E-state index contributed by atoms with van der Waals surface area (Å²) in [6.45, 7) is 2.12. The Morgan fingerprint density at radius 3 is 1.65 bits per heavy atom. The van der Waals surface area contributed by atoms with E-state index in [9.17, 15) is 5.11 Å². The van der Waals surface area contributed by atoms with Gasteiger partial charge in [0.2, 0.25) is 0 Å². The van der Waals surface area contributed by atoms with Gasteiger partial charge < -0.3 is 5.11 Å². The van der Waals surface area contributed by atoms with Crippen LogP contribution in [-0.2, 0) is 31.3 Å². The standard InChI is InChI=1S/C30H28O/c1-20-12-14-26(15-13-20)30(31)27-16-22-6-2-3-7-23(22)17-28(30)19-25-11-5-9-21-8-4-10-24(18-27)29(21)25/h2-15,27-28,31H,16-19H2,1H3. The maximum absolute atomic E-state index is 12.7. The third kappa shape index (κ3) is 2.95. The van der Waals surface area contributed by atoms with Crippen LogP contribution in [-0.4, -0.2) is 5.11 Å². The van der Waals surface area contributed by atoms with E-state index in [4.69, 9.17) is 0 Å². The van der Waals surface area contributed by atoms with Crippen LogP contribution in [0.2, 0.25) is 0 Å². The Morgan fingerprint density at radius 2 is 1.10 bits per heavy atom. The summed E-state index contributed by atoms with van der Waals surface area (Å²) in [6.07, 6.45) is 3.61. The normalized spacial score (nSPS) is 24.7. The summed E-state index contributed by atoms with van der Waals surface area (Å²) >= 11 is 0. The van der Waals surface area contributed by atoms with Crippen molar-refractivity contribution in [2.45, 2.75) is 38.2 Å². The molecule has 2 aliphatic carbocycles. The van der Waals surface area contributed by atoms with E-state index in [2.05, 4.69) is 91.9 Å². The first-order valence-corrected chi connectivity index (χ1v) is 11.5. The van der Waals surface area contributed by atoms with Crippen molar-refractivity contribution in [3.8, 4) is 0 Å². The minimum Gasteiger partial charge on any atom is -0.385 e. The van der Waals surface area contributed by atoms with Crippen LogP contribution in [0, 0.1) is 18.8 Å². The van der Waals surface area contributed by atoms with E-state index >= 15 is 0 Å². The maximum Gasteiger partial charge on any atom is 0.0965 e. The smallest absolute Gasteiger partial charge is 0.0965 e. The Bertz CT molecular complexity index is 1200. The van der Waals surface area contributed by atoms with Crippen LogP contribution in [0.3, 0.4) is 0 Å². The molecule has 1 heteroatoms. The minimum absolute atomic E-state index is 0.141. The quantitative estimate of drug-likeness (QED) is 0.402. The number of hydrogen-bond acceptors (Lipinski definition) is 1. The first-order valence-electron chi connectivity index (χ1n) is 11.5. The topological polar surface area (TPSA) is 20.2 Å². The zero-order chi connectivity index (χ0) is 21.0. The van der Waals surface area contributed by atoms with Crippen molar-refractivity contribution in [2.75, 3.05) is 0 Å². The lowest BCUT2D eigenvalue weighted by Gasteiger charge is -2.43. The van der Waals surface area contributed by atoms with Gasteiger partial charge in [0.25, 0.3) is 0 Å². The first kappa shape index (κ1) is 18.8. The molecule has 0 saturated heterocycles. The molecule has 0 spiro atoms. The molecule has 0 amide bonds. The van der Waals surface area contributed by atoms with Crippen LogP contribution in [0.15, 0.2) is 84.9 Å². The van der Waals surface area contributed by atoms with Crippen molar-refractivity contribution in [3.05, 3.63) is 118 Å². The fraction of sp³-hybridized carbons (Fsp3) is 0.267. The van der Waals surface area contributed by atoms with E-state index in [-0.39, 0.29) is 11.8 Å². The molecule has 2 bridgehead atoms. The average molecular weight is 405 g/mol. The van der Waals surface area contributed by atoms with Crippen molar-refractivity contribution >= 4 is 10.8 Å². The van der Waals surface area contributed by atoms with Crippen LogP contribution in [0.1, 0.15) is 33.4 Å². The molecule has 2 aliphatic rings. The Balaban J connectivity index is 1.61. The monoisotopic (exact) mass is 404 g/mol. The lowest BCUT2D eigenvalue weighted by atomic mass is 9.65. The second-order valence-corrected chi connectivity index (χ2v) is 9.60. The lowest BCUT2D eigenvalue weighted by Crippen LogP contribution is -2.45. The van der Waals surface area contributed by atoms with Gasteiger partial charge in [-0.1, -0.05) is 90.5 Å². The summed E-state index contributed by atoms with van der Waals surface area (Å²) in [5.74, 6) is 0.283. The third-order valence-electron chi connectivity index (χ3n) is 7.82. The molecular weight excluding hydrogens is 376 g/mol. The predicted octanol–water partition coefficient (Wildman–Crippen LogP) is 6.17. The maximum atomic E-state index is 12.7. The minimum atomic E-state index is -0.859. The number of aryl methyl sites for hydroxylation is 1. The summed E-state index contributed by atoms with van der Waals surface area (Å²) in [4.78, 5) is 0. The molecule has 2 unspecified atom stereocenters. The molecule has 0 fully saturated rings. The van der Waals surface area contributed by atoms with Gasteiger partial charge in [-0.2, -0.15) is 0 Å². The summed E-state index contributed by atoms with van der Waals surface area (Å²) in [6, 6.07) is 30.8. The van der Waals surface area contributed by atoms with Gasteiger partial charge in [-0.15, -0.1) is 0 Å². The van der Waals surface area contributed by atoms with Gasteiger partial charge in [0.1, 0.15) is 0 Å². The predicted molar refractivity (Wildman–Crippen MR) is 127 cm³/mol. The highest BCUT2D eigenvalue weighted by atomic mass is 16.3. The summed E-state index contributed by atoms with van der Waals surface area (Å²) in [5, 5.41) is 15.4. The van der Waals surface area contributed by atoms with Crippen molar-refractivity contribution in [1.82, 2.24) is 0 Å². The van der Waals surface area contributed by atoms with Gasteiger partial charge in [0, 0.05) is 11.8 Å². The Hall–Kier alpha value is -2.90. The second-order valence-electron chi connectivity index (χ2n) is 9.60.